The summed E-state index contributed by atoms with van der Waals surface area (Å²) in [6.07, 6.45) is 0.930. The highest BCUT2D eigenvalue weighted by molar-refractivity contribution is 9.10. The summed E-state index contributed by atoms with van der Waals surface area (Å²) < 4.78 is 3.41. The van der Waals surface area contributed by atoms with Crippen LogP contribution in [0, 0.1) is 6.92 Å². The minimum atomic E-state index is 0.694. The van der Waals surface area contributed by atoms with Crippen molar-refractivity contribution >= 4 is 26.8 Å². The molecule has 0 aliphatic carbocycles. The molecule has 2 aromatic rings. The molecule has 0 saturated carbocycles. The van der Waals surface area contributed by atoms with Gasteiger partial charge in [0.1, 0.15) is 0 Å². The standard InChI is InChI=1S/C12H15BrN2/c1-8-12(13)11-9(6-7-14)4-3-5-10(11)15(8)2/h3-5H,6-7,14H2,1-2H3. The van der Waals surface area contributed by atoms with Gasteiger partial charge in [-0.25, -0.2) is 0 Å². The van der Waals surface area contributed by atoms with Crippen molar-refractivity contribution in [3.05, 3.63) is 33.9 Å². The van der Waals surface area contributed by atoms with Gasteiger partial charge in [-0.1, -0.05) is 12.1 Å². The van der Waals surface area contributed by atoms with Gasteiger partial charge in [0.25, 0.3) is 0 Å². The Hall–Kier alpha value is -0.800. The second-order valence-corrected chi connectivity index (χ2v) is 4.60. The number of nitrogens with two attached hydrogens (primary N) is 1. The summed E-state index contributed by atoms with van der Waals surface area (Å²) in [6.45, 7) is 2.82. The Labute approximate surface area is 98.2 Å². The number of aryl methyl sites for hydroxylation is 1. The molecule has 1 aromatic heterocycles. The van der Waals surface area contributed by atoms with Crippen LogP contribution in [0.2, 0.25) is 0 Å². The molecule has 0 bridgehead atoms. The smallest absolute Gasteiger partial charge is 0.0494 e. The Bertz CT molecular complexity index is 500. The molecule has 0 unspecified atom stereocenters. The number of nitrogens with zero attached hydrogens (tertiary/aromatic N) is 1. The van der Waals surface area contributed by atoms with Crippen LogP contribution in [-0.4, -0.2) is 11.1 Å². The zero-order valence-corrected chi connectivity index (χ0v) is 10.6. The Morgan fingerprint density at radius 2 is 2.13 bits per heavy atom. The van der Waals surface area contributed by atoms with Crippen LogP contribution < -0.4 is 5.73 Å². The van der Waals surface area contributed by atoms with Crippen molar-refractivity contribution in [2.24, 2.45) is 12.8 Å². The Morgan fingerprint density at radius 3 is 2.80 bits per heavy atom. The molecule has 2 nitrogen and oxygen atoms in total. The van der Waals surface area contributed by atoms with Crippen molar-refractivity contribution in [3.63, 3.8) is 0 Å². The molecule has 15 heavy (non-hydrogen) atoms. The van der Waals surface area contributed by atoms with Crippen molar-refractivity contribution < 1.29 is 0 Å². The molecule has 0 aliphatic heterocycles. The molecule has 3 heteroatoms. The van der Waals surface area contributed by atoms with Crippen LogP contribution in [0.15, 0.2) is 22.7 Å². The number of rotatable bonds is 2. The molecule has 0 fully saturated rings. The quantitative estimate of drug-likeness (QED) is 0.891. The molecule has 2 rings (SSSR count). The van der Waals surface area contributed by atoms with E-state index in [0.717, 1.165) is 6.42 Å². The first kappa shape index (κ1) is 10.7. The third kappa shape index (κ3) is 1.60. The normalized spacial score (nSPS) is 11.2. The highest BCUT2D eigenvalue weighted by atomic mass is 79.9. The molecule has 0 saturated heterocycles. The summed E-state index contributed by atoms with van der Waals surface area (Å²) in [5.74, 6) is 0. The van der Waals surface area contributed by atoms with Crippen molar-refractivity contribution in [2.45, 2.75) is 13.3 Å². The van der Waals surface area contributed by atoms with E-state index in [4.69, 9.17) is 5.73 Å². The predicted octanol–water partition coefficient (Wildman–Crippen LogP) is 2.75. The number of hydrogen-bond donors (Lipinski definition) is 1. The summed E-state index contributed by atoms with van der Waals surface area (Å²) in [5.41, 5.74) is 9.48. The van der Waals surface area contributed by atoms with Crippen LogP contribution in [-0.2, 0) is 13.5 Å². The lowest BCUT2D eigenvalue weighted by atomic mass is 10.1. The average Bonchev–Trinajstić information content (AvgIpc) is 2.46. The van der Waals surface area contributed by atoms with Gasteiger partial charge in [-0.15, -0.1) is 0 Å². The molecule has 0 radical (unpaired) electrons. The molecule has 1 aromatic carbocycles. The topological polar surface area (TPSA) is 30.9 Å². The lowest BCUT2D eigenvalue weighted by molar-refractivity contribution is 0.913. The number of halogens is 1. The molecular weight excluding hydrogens is 252 g/mol. The summed E-state index contributed by atoms with van der Waals surface area (Å²) in [6, 6.07) is 6.39. The highest BCUT2D eigenvalue weighted by Gasteiger charge is 2.12. The maximum Gasteiger partial charge on any atom is 0.0494 e. The molecule has 0 aliphatic rings. The third-order valence-electron chi connectivity index (χ3n) is 2.94. The van der Waals surface area contributed by atoms with Crippen LogP contribution in [0.5, 0.6) is 0 Å². The van der Waals surface area contributed by atoms with Crippen molar-refractivity contribution in [1.29, 1.82) is 0 Å². The fourth-order valence-corrected chi connectivity index (χ4v) is 2.72. The van der Waals surface area contributed by atoms with E-state index < -0.39 is 0 Å². The van der Waals surface area contributed by atoms with Gasteiger partial charge in [-0.2, -0.15) is 0 Å². The number of benzene rings is 1. The molecule has 80 valence electrons. The first-order valence-electron chi connectivity index (χ1n) is 5.09. The fourth-order valence-electron chi connectivity index (χ4n) is 1.99. The van der Waals surface area contributed by atoms with E-state index in [1.165, 1.54) is 26.6 Å². The molecule has 0 atom stereocenters. The minimum absolute atomic E-state index is 0.694. The molecule has 0 spiro atoms. The van der Waals surface area contributed by atoms with Gasteiger partial charge in [0, 0.05) is 28.1 Å². The van der Waals surface area contributed by atoms with Crippen molar-refractivity contribution in [1.82, 2.24) is 4.57 Å². The number of fused-ring (bicyclic) bond motifs is 1. The molecular formula is C12H15BrN2. The summed E-state index contributed by atoms with van der Waals surface area (Å²) >= 11 is 3.66. The van der Waals surface area contributed by atoms with Gasteiger partial charge >= 0.3 is 0 Å². The maximum absolute atomic E-state index is 5.62. The number of hydrogen-bond acceptors (Lipinski definition) is 1. The van der Waals surface area contributed by atoms with Gasteiger partial charge in [0.05, 0.1) is 0 Å². The van der Waals surface area contributed by atoms with Gasteiger partial charge in [0.2, 0.25) is 0 Å². The molecule has 1 heterocycles. The number of aromatic nitrogens is 1. The van der Waals surface area contributed by atoms with Gasteiger partial charge in [0.15, 0.2) is 0 Å². The molecule has 2 N–H and O–H groups in total. The largest absolute Gasteiger partial charge is 0.347 e. The van der Waals surface area contributed by atoms with Crippen LogP contribution in [0.1, 0.15) is 11.3 Å². The van der Waals surface area contributed by atoms with Crippen LogP contribution in [0.3, 0.4) is 0 Å². The zero-order valence-electron chi connectivity index (χ0n) is 9.05. The van der Waals surface area contributed by atoms with E-state index in [0.29, 0.717) is 6.54 Å². The van der Waals surface area contributed by atoms with E-state index in [1.54, 1.807) is 0 Å². The van der Waals surface area contributed by atoms with Crippen LogP contribution >= 0.6 is 15.9 Å². The Kier molecular flexibility index (Phi) is 2.85. The Morgan fingerprint density at radius 1 is 1.40 bits per heavy atom. The van der Waals surface area contributed by atoms with Gasteiger partial charge in [-0.05, 0) is 47.4 Å². The van der Waals surface area contributed by atoms with E-state index >= 15 is 0 Å². The third-order valence-corrected chi connectivity index (χ3v) is 3.91. The van der Waals surface area contributed by atoms with E-state index in [-0.39, 0.29) is 0 Å². The SMILES string of the molecule is Cc1c(Br)c2c(CCN)cccc2n1C. The highest BCUT2D eigenvalue weighted by Crippen LogP contribution is 2.32. The van der Waals surface area contributed by atoms with Gasteiger partial charge < -0.3 is 10.3 Å². The second-order valence-electron chi connectivity index (χ2n) is 3.81. The lowest BCUT2D eigenvalue weighted by Crippen LogP contribution is -2.02. The molecule has 0 amide bonds. The van der Waals surface area contributed by atoms with Crippen LogP contribution in [0.4, 0.5) is 0 Å². The summed E-state index contributed by atoms with van der Waals surface area (Å²) in [7, 11) is 2.09. The minimum Gasteiger partial charge on any atom is -0.347 e. The fraction of sp³-hybridized carbons (Fsp3) is 0.333. The lowest BCUT2D eigenvalue weighted by Gasteiger charge is -2.02. The van der Waals surface area contributed by atoms with Crippen molar-refractivity contribution in [3.8, 4) is 0 Å². The first-order valence-corrected chi connectivity index (χ1v) is 5.88. The summed E-state index contributed by atoms with van der Waals surface area (Å²) in [4.78, 5) is 0. The van der Waals surface area contributed by atoms with Gasteiger partial charge in [-0.3, -0.25) is 0 Å². The first-order chi connectivity index (χ1) is 7.16. The predicted molar refractivity (Wildman–Crippen MR) is 68.1 cm³/mol. The van der Waals surface area contributed by atoms with E-state index in [9.17, 15) is 0 Å². The monoisotopic (exact) mass is 266 g/mol. The average molecular weight is 267 g/mol. The van der Waals surface area contributed by atoms with E-state index in [1.807, 2.05) is 0 Å². The maximum atomic E-state index is 5.62. The van der Waals surface area contributed by atoms with E-state index in [2.05, 4.69) is 52.7 Å². The summed E-state index contributed by atoms with van der Waals surface area (Å²) in [5, 5.41) is 1.31. The van der Waals surface area contributed by atoms with Crippen molar-refractivity contribution in [2.75, 3.05) is 6.54 Å². The second kappa shape index (κ2) is 3.99. The zero-order chi connectivity index (χ0) is 11.0. The Balaban J connectivity index is 2.79. The van der Waals surface area contributed by atoms with Crippen LogP contribution in [0.25, 0.3) is 10.9 Å².